The molecular weight excluding hydrogens is 1080 g/mol. The standard InChI is InChI=1S/2C7H9NO.C7H9N.2C6H6ClN.3C6H6FN.C6H10N2.C5H6S/c1-6-5-7(9-2)3-4-8-6;1-6-3-4-7(9-2)5-8-6;1-6-4-3-5-8-7(6)2;1-5-4-6(7)2-3-8-5;1-5-6(7)3-2-4-8-5;1-5-4-6(7)2-3-8-5;1-5-2-3-6(7)4-8-5;1-5-6(7)3-2-4-8-5;1-5-4-6(2)8(3)7-5;1-5-3-2-4-6-5/h2*3-5H,1-2H3;3-5H,1-2H3;5*2-4H,1H3;4H,1-3H3;2-4H,1H3. The number of methoxy groups -OCH3 is 2. The Kier molecular flexibility index (Phi) is 36.1. The zero-order valence-corrected chi connectivity index (χ0v) is 50.6. The Bertz CT molecular complexity index is 2920. The van der Waals surface area contributed by atoms with Crippen LogP contribution in [0.4, 0.5) is 13.2 Å². The maximum Gasteiger partial charge on any atom is 0.144 e. The van der Waals surface area contributed by atoms with Crippen molar-refractivity contribution in [2.24, 2.45) is 7.05 Å². The van der Waals surface area contributed by atoms with Crippen molar-refractivity contribution in [1.82, 2.24) is 49.7 Å². The van der Waals surface area contributed by atoms with Crippen LogP contribution in [-0.2, 0) is 7.05 Å². The normalized spacial score (nSPS) is 9.25. The van der Waals surface area contributed by atoms with Gasteiger partial charge in [0.2, 0.25) is 0 Å². The molecule has 0 amide bonds. The van der Waals surface area contributed by atoms with Gasteiger partial charge in [0.1, 0.15) is 29.0 Å². The van der Waals surface area contributed by atoms with Crippen molar-refractivity contribution >= 4 is 34.5 Å². The van der Waals surface area contributed by atoms with E-state index in [1.165, 1.54) is 52.8 Å². The Hall–Kier alpha value is -7.92. The molecule has 0 aromatic carbocycles. The number of pyridine rings is 8. The van der Waals surface area contributed by atoms with E-state index in [0.29, 0.717) is 11.4 Å². The number of aromatic nitrogens is 10. The predicted molar refractivity (Wildman–Crippen MR) is 321 cm³/mol. The lowest BCUT2D eigenvalue weighted by Gasteiger charge is -1.97. The SMILES string of the molecule is COc1ccc(C)nc1.COc1ccnc(C)c1.Cc1cc(C)n(C)n1.Cc1cc(Cl)ccn1.Cc1cc(F)ccn1.Cc1ccc(F)cn1.Cc1cccnc1C.Cc1cccs1.Cc1ncccc1Cl.Cc1ncccc1F. The van der Waals surface area contributed by atoms with Crippen molar-refractivity contribution < 1.29 is 22.6 Å². The number of hydrogen-bond donors (Lipinski definition) is 0. The van der Waals surface area contributed by atoms with Gasteiger partial charge in [0.25, 0.3) is 0 Å². The molecule has 0 aliphatic carbocycles. The molecule has 0 aliphatic rings. The first kappa shape index (κ1) is 70.1. The second kappa shape index (κ2) is 41.2. The van der Waals surface area contributed by atoms with E-state index >= 15 is 0 Å². The smallest absolute Gasteiger partial charge is 0.144 e. The van der Waals surface area contributed by atoms with Crippen molar-refractivity contribution in [3.63, 3.8) is 0 Å². The van der Waals surface area contributed by atoms with Crippen molar-refractivity contribution in [2.45, 2.75) is 83.1 Å². The van der Waals surface area contributed by atoms with Crippen molar-refractivity contribution in [3.8, 4) is 11.5 Å². The molecule has 0 aliphatic heterocycles. The molecular formula is C62H73Cl2F3N10O2S. The lowest BCUT2D eigenvalue weighted by molar-refractivity contribution is 0.412. The number of halogens is 5. The Balaban J connectivity index is 0.000000445. The second-order valence-corrected chi connectivity index (χ2v) is 18.8. The van der Waals surface area contributed by atoms with Crippen LogP contribution in [0.5, 0.6) is 11.5 Å². The van der Waals surface area contributed by atoms with E-state index in [1.54, 1.807) is 88.6 Å². The van der Waals surface area contributed by atoms with Crippen LogP contribution in [0.1, 0.15) is 67.4 Å². The molecule has 0 unspecified atom stereocenters. The van der Waals surface area contributed by atoms with E-state index < -0.39 is 0 Å². The van der Waals surface area contributed by atoms with Gasteiger partial charge in [-0.1, -0.05) is 35.3 Å². The quantitative estimate of drug-likeness (QED) is 0.163. The molecule has 0 bridgehead atoms. The monoisotopic (exact) mass is 1150 g/mol. The first-order valence-corrected chi connectivity index (χ1v) is 26.3. The van der Waals surface area contributed by atoms with E-state index in [1.807, 2.05) is 122 Å². The van der Waals surface area contributed by atoms with E-state index in [0.717, 1.165) is 61.4 Å². The Morgan fingerprint density at radius 1 is 0.438 bits per heavy atom. The topological polar surface area (TPSA) is 139 Å². The number of nitrogens with zero attached hydrogens (tertiary/aromatic N) is 10. The van der Waals surface area contributed by atoms with Gasteiger partial charge in [-0.15, -0.1) is 11.3 Å². The van der Waals surface area contributed by atoms with Crippen LogP contribution in [-0.4, -0.2) is 63.9 Å². The average molecular weight is 1150 g/mol. The highest BCUT2D eigenvalue weighted by Gasteiger charge is 1.94. The molecule has 18 heteroatoms. The molecule has 10 heterocycles. The van der Waals surface area contributed by atoms with Crippen LogP contribution in [0.15, 0.2) is 170 Å². The molecule has 0 atom stereocenters. The van der Waals surface area contributed by atoms with Crippen molar-refractivity contribution in [3.05, 3.63) is 265 Å². The lowest BCUT2D eigenvalue weighted by Crippen LogP contribution is -1.91. The number of aryl methyl sites for hydroxylation is 13. The summed E-state index contributed by atoms with van der Waals surface area (Å²) >= 11 is 13.0. The maximum absolute atomic E-state index is 12.3. The van der Waals surface area contributed by atoms with E-state index in [9.17, 15) is 13.2 Å². The van der Waals surface area contributed by atoms with Crippen LogP contribution in [0.3, 0.4) is 0 Å². The van der Waals surface area contributed by atoms with Crippen molar-refractivity contribution in [1.29, 1.82) is 0 Å². The van der Waals surface area contributed by atoms with Crippen molar-refractivity contribution in [2.75, 3.05) is 14.2 Å². The largest absolute Gasteiger partial charge is 0.497 e. The number of rotatable bonds is 2. The van der Waals surface area contributed by atoms with Gasteiger partial charge >= 0.3 is 0 Å². The molecule has 0 fully saturated rings. The zero-order valence-electron chi connectivity index (χ0n) is 48.3. The number of ether oxygens (including phenoxy) is 2. The van der Waals surface area contributed by atoms with Gasteiger partial charge in [0, 0.05) is 100 Å². The Morgan fingerprint density at radius 2 is 0.988 bits per heavy atom. The Morgan fingerprint density at radius 3 is 1.27 bits per heavy atom. The summed E-state index contributed by atoms with van der Waals surface area (Å²) in [6, 6.07) is 33.7. The highest BCUT2D eigenvalue weighted by atomic mass is 35.5. The van der Waals surface area contributed by atoms with Crippen LogP contribution >= 0.6 is 34.5 Å². The molecule has 0 radical (unpaired) electrons. The number of thiophene rings is 1. The summed E-state index contributed by atoms with van der Waals surface area (Å²) < 4.78 is 48.1. The fraction of sp³-hybridized carbons (Fsp3) is 0.242. The van der Waals surface area contributed by atoms with E-state index in [4.69, 9.17) is 32.7 Å². The average Bonchev–Trinajstić information content (AvgIpc) is 4.04. The zero-order chi connectivity index (χ0) is 59.8. The van der Waals surface area contributed by atoms with E-state index in [-0.39, 0.29) is 17.5 Å². The molecule has 0 N–H and O–H groups in total. The van der Waals surface area contributed by atoms with Crippen LogP contribution in [0, 0.1) is 101 Å². The Labute approximate surface area is 485 Å². The lowest BCUT2D eigenvalue weighted by atomic mass is 10.2. The summed E-state index contributed by atoms with van der Waals surface area (Å²) in [6.07, 6.45) is 12.9. The van der Waals surface area contributed by atoms with Gasteiger partial charge in [0.05, 0.1) is 48.7 Å². The molecule has 12 nitrogen and oxygen atoms in total. The third-order valence-corrected chi connectivity index (χ3v) is 11.3. The minimum absolute atomic E-state index is 0.225. The summed E-state index contributed by atoms with van der Waals surface area (Å²) in [5.41, 5.74) is 10.5. The van der Waals surface area contributed by atoms with Gasteiger partial charge in [-0.2, -0.15) is 5.10 Å². The summed E-state index contributed by atoms with van der Waals surface area (Å²) in [5, 5.41) is 7.68. The third kappa shape index (κ3) is 34.8. The molecule has 10 aromatic heterocycles. The summed E-state index contributed by atoms with van der Waals surface area (Å²) in [6.45, 7) is 23.1. The highest BCUT2D eigenvalue weighted by Crippen LogP contribution is 2.11. The summed E-state index contributed by atoms with van der Waals surface area (Å²) in [4.78, 5) is 32.6. The molecule has 80 heavy (non-hydrogen) atoms. The number of hydrogen-bond acceptors (Lipinski definition) is 12. The van der Waals surface area contributed by atoms with Gasteiger partial charge < -0.3 is 9.47 Å². The van der Waals surface area contributed by atoms with Gasteiger partial charge in [-0.3, -0.25) is 44.6 Å². The minimum atomic E-state index is -0.282. The molecule has 0 saturated carbocycles. The molecule has 10 aromatic rings. The molecule has 10 rings (SSSR count). The third-order valence-electron chi connectivity index (χ3n) is 9.87. The highest BCUT2D eigenvalue weighted by molar-refractivity contribution is 7.09. The summed E-state index contributed by atoms with van der Waals surface area (Å²) in [5.74, 6) is 0.920. The van der Waals surface area contributed by atoms with Crippen LogP contribution in [0.2, 0.25) is 10.0 Å². The molecule has 0 saturated heterocycles. The van der Waals surface area contributed by atoms with E-state index in [2.05, 4.69) is 88.5 Å². The second-order valence-electron chi connectivity index (χ2n) is 16.8. The van der Waals surface area contributed by atoms with Gasteiger partial charge in [-0.25, -0.2) is 13.2 Å². The minimum Gasteiger partial charge on any atom is -0.497 e. The van der Waals surface area contributed by atoms with Crippen LogP contribution in [0.25, 0.3) is 0 Å². The van der Waals surface area contributed by atoms with Crippen LogP contribution < -0.4 is 9.47 Å². The predicted octanol–water partition coefficient (Wildman–Crippen LogP) is 16.3. The first-order valence-electron chi connectivity index (χ1n) is 24.7. The van der Waals surface area contributed by atoms with Gasteiger partial charge in [-0.05, 0) is 191 Å². The first-order chi connectivity index (χ1) is 38.0. The van der Waals surface area contributed by atoms with Gasteiger partial charge in [0.15, 0.2) is 0 Å². The molecule has 0 spiro atoms. The maximum atomic E-state index is 12.3. The fourth-order valence-electron chi connectivity index (χ4n) is 5.29. The fourth-order valence-corrected chi connectivity index (χ4v) is 6.15. The summed E-state index contributed by atoms with van der Waals surface area (Å²) in [7, 11) is 5.23. The molecule has 424 valence electrons.